The van der Waals surface area contributed by atoms with Crippen molar-refractivity contribution in [1.29, 1.82) is 0 Å². The summed E-state index contributed by atoms with van der Waals surface area (Å²) in [5.41, 5.74) is 4.00. The minimum atomic E-state index is 0.621. The molecule has 1 heteroatoms. The van der Waals surface area contributed by atoms with Crippen LogP contribution in [-0.4, -0.2) is 6.21 Å². The second kappa shape index (κ2) is 3.33. The molecule has 0 unspecified atom stereocenters. The van der Waals surface area contributed by atoms with Crippen molar-refractivity contribution in [2.75, 3.05) is 0 Å². The summed E-state index contributed by atoms with van der Waals surface area (Å²) in [6, 6.07) is 6.63. The van der Waals surface area contributed by atoms with E-state index >= 15 is 0 Å². The quantitative estimate of drug-likeness (QED) is 0.616. The molecule has 1 aliphatic heterocycles. The minimum Gasteiger partial charge on any atom is -0.261 e. The van der Waals surface area contributed by atoms with Crippen molar-refractivity contribution in [3.8, 4) is 0 Å². The Morgan fingerprint density at radius 3 is 2.92 bits per heavy atom. The summed E-state index contributed by atoms with van der Waals surface area (Å²) >= 11 is 0. The molecule has 0 amide bonds. The molecule has 1 aromatic rings. The standard InChI is InChI=1S/C12H15N/c1-9(2)10-5-6-12-11(8-10)4-3-7-13-12/h5-9H,3-4H2,1-2H3. The highest BCUT2D eigenvalue weighted by Crippen LogP contribution is 2.27. The first-order valence-corrected chi connectivity index (χ1v) is 4.93. The third-order valence-electron chi connectivity index (χ3n) is 2.54. The highest BCUT2D eigenvalue weighted by Gasteiger charge is 2.07. The van der Waals surface area contributed by atoms with Crippen molar-refractivity contribution < 1.29 is 0 Å². The van der Waals surface area contributed by atoms with E-state index in [1.165, 1.54) is 11.1 Å². The normalized spacial score (nSPS) is 14.7. The fourth-order valence-electron chi connectivity index (χ4n) is 1.67. The Kier molecular flexibility index (Phi) is 2.17. The molecule has 0 N–H and O–H groups in total. The summed E-state index contributed by atoms with van der Waals surface area (Å²) in [7, 11) is 0. The lowest BCUT2D eigenvalue weighted by Crippen LogP contribution is -1.96. The van der Waals surface area contributed by atoms with Gasteiger partial charge in [-0.15, -0.1) is 0 Å². The zero-order valence-corrected chi connectivity index (χ0v) is 8.25. The molecule has 1 aromatic carbocycles. The van der Waals surface area contributed by atoms with Crippen LogP contribution in [0.1, 0.15) is 37.3 Å². The number of fused-ring (bicyclic) bond motifs is 1. The Morgan fingerprint density at radius 2 is 2.15 bits per heavy atom. The van der Waals surface area contributed by atoms with Crippen molar-refractivity contribution in [2.24, 2.45) is 4.99 Å². The van der Waals surface area contributed by atoms with Crippen LogP contribution in [0.2, 0.25) is 0 Å². The van der Waals surface area contributed by atoms with Crippen molar-refractivity contribution >= 4 is 11.9 Å². The maximum atomic E-state index is 4.37. The number of hydrogen-bond donors (Lipinski definition) is 0. The molecule has 1 heterocycles. The van der Waals surface area contributed by atoms with Crippen molar-refractivity contribution in [3.63, 3.8) is 0 Å². The van der Waals surface area contributed by atoms with Gasteiger partial charge in [0.05, 0.1) is 5.69 Å². The summed E-state index contributed by atoms with van der Waals surface area (Å²) in [6.45, 7) is 4.46. The van der Waals surface area contributed by atoms with E-state index in [9.17, 15) is 0 Å². The Balaban J connectivity index is 2.42. The van der Waals surface area contributed by atoms with E-state index in [1.54, 1.807) is 0 Å². The van der Waals surface area contributed by atoms with Crippen LogP contribution in [0.5, 0.6) is 0 Å². The first-order chi connectivity index (χ1) is 6.27. The van der Waals surface area contributed by atoms with Gasteiger partial charge in [-0.05, 0) is 36.0 Å². The minimum absolute atomic E-state index is 0.621. The Hall–Kier alpha value is -1.11. The van der Waals surface area contributed by atoms with Gasteiger partial charge in [-0.3, -0.25) is 4.99 Å². The van der Waals surface area contributed by atoms with Crippen LogP contribution in [0.4, 0.5) is 5.69 Å². The van der Waals surface area contributed by atoms with Gasteiger partial charge in [0.15, 0.2) is 0 Å². The third-order valence-corrected chi connectivity index (χ3v) is 2.54. The highest BCUT2D eigenvalue weighted by molar-refractivity contribution is 5.69. The van der Waals surface area contributed by atoms with Crippen LogP contribution in [-0.2, 0) is 6.42 Å². The van der Waals surface area contributed by atoms with Crippen molar-refractivity contribution in [3.05, 3.63) is 29.3 Å². The van der Waals surface area contributed by atoms with Gasteiger partial charge in [-0.1, -0.05) is 26.0 Å². The Morgan fingerprint density at radius 1 is 1.31 bits per heavy atom. The van der Waals surface area contributed by atoms with Crippen LogP contribution in [0, 0.1) is 0 Å². The maximum absolute atomic E-state index is 4.37. The number of nitrogens with zero attached hydrogens (tertiary/aromatic N) is 1. The van der Waals surface area contributed by atoms with E-state index in [2.05, 4.69) is 37.0 Å². The van der Waals surface area contributed by atoms with E-state index < -0.39 is 0 Å². The van der Waals surface area contributed by atoms with E-state index in [-0.39, 0.29) is 0 Å². The van der Waals surface area contributed by atoms with E-state index in [0.717, 1.165) is 18.5 Å². The highest BCUT2D eigenvalue weighted by atomic mass is 14.7. The smallest absolute Gasteiger partial charge is 0.0657 e. The molecular weight excluding hydrogens is 158 g/mol. The zero-order chi connectivity index (χ0) is 9.26. The van der Waals surface area contributed by atoms with Gasteiger partial charge in [0.2, 0.25) is 0 Å². The van der Waals surface area contributed by atoms with Crippen LogP contribution in [0.25, 0.3) is 0 Å². The van der Waals surface area contributed by atoms with Gasteiger partial charge in [-0.2, -0.15) is 0 Å². The number of benzene rings is 1. The fourth-order valence-corrected chi connectivity index (χ4v) is 1.67. The van der Waals surface area contributed by atoms with Gasteiger partial charge in [0.1, 0.15) is 0 Å². The van der Waals surface area contributed by atoms with Crippen LogP contribution < -0.4 is 0 Å². The first-order valence-electron chi connectivity index (χ1n) is 4.93. The van der Waals surface area contributed by atoms with E-state index in [4.69, 9.17) is 0 Å². The molecule has 0 bridgehead atoms. The molecule has 0 radical (unpaired) electrons. The summed E-state index contributed by atoms with van der Waals surface area (Å²) in [6.07, 6.45) is 4.26. The second-order valence-electron chi connectivity index (χ2n) is 3.89. The van der Waals surface area contributed by atoms with E-state index in [1.807, 2.05) is 6.21 Å². The predicted molar refractivity (Wildman–Crippen MR) is 57.0 cm³/mol. The third kappa shape index (κ3) is 1.64. The second-order valence-corrected chi connectivity index (χ2v) is 3.89. The van der Waals surface area contributed by atoms with Crippen molar-refractivity contribution in [2.45, 2.75) is 32.6 Å². The van der Waals surface area contributed by atoms with Crippen LogP contribution in [0.3, 0.4) is 0 Å². The first kappa shape index (κ1) is 8.49. The molecular formula is C12H15N. The molecule has 68 valence electrons. The predicted octanol–water partition coefficient (Wildman–Crippen LogP) is 3.46. The van der Waals surface area contributed by atoms with Crippen molar-refractivity contribution in [1.82, 2.24) is 0 Å². The molecule has 0 saturated carbocycles. The van der Waals surface area contributed by atoms with Crippen LogP contribution in [0.15, 0.2) is 23.2 Å². The van der Waals surface area contributed by atoms with Gasteiger partial charge in [0.25, 0.3) is 0 Å². The SMILES string of the molecule is CC(C)c1ccc2c(c1)CCC=N2. The number of hydrogen-bond acceptors (Lipinski definition) is 1. The molecule has 0 saturated heterocycles. The molecule has 13 heavy (non-hydrogen) atoms. The summed E-state index contributed by atoms with van der Waals surface area (Å²) in [4.78, 5) is 4.37. The topological polar surface area (TPSA) is 12.4 Å². The number of aryl methyl sites for hydroxylation is 1. The van der Waals surface area contributed by atoms with Gasteiger partial charge in [-0.25, -0.2) is 0 Å². The lowest BCUT2D eigenvalue weighted by atomic mass is 9.97. The molecule has 0 aromatic heterocycles. The molecule has 0 fully saturated rings. The molecule has 0 aliphatic carbocycles. The molecule has 2 rings (SSSR count). The van der Waals surface area contributed by atoms with Gasteiger partial charge >= 0.3 is 0 Å². The molecule has 1 aliphatic rings. The molecule has 0 atom stereocenters. The monoisotopic (exact) mass is 173 g/mol. The Bertz CT molecular complexity index is 337. The number of rotatable bonds is 1. The average Bonchev–Trinajstić information content (AvgIpc) is 2.17. The Labute approximate surface area is 79.5 Å². The maximum Gasteiger partial charge on any atom is 0.0657 e. The molecule has 0 spiro atoms. The summed E-state index contributed by atoms with van der Waals surface area (Å²) < 4.78 is 0. The molecule has 1 nitrogen and oxygen atoms in total. The number of aliphatic imine (C=N–C) groups is 1. The van der Waals surface area contributed by atoms with Gasteiger partial charge < -0.3 is 0 Å². The van der Waals surface area contributed by atoms with E-state index in [0.29, 0.717) is 5.92 Å². The van der Waals surface area contributed by atoms with Gasteiger partial charge in [0, 0.05) is 6.21 Å². The summed E-state index contributed by atoms with van der Waals surface area (Å²) in [5.74, 6) is 0.621. The summed E-state index contributed by atoms with van der Waals surface area (Å²) in [5, 5.41) is 0. The lowest BCUT2D eigenvalue weighted by Gasteiger charge is -2.12. The lowest BCUT2D eigenvalue weighted by molar-refractivity contribution is 0.860. The van der Waals surface area contributed by atoms with Crippen LogP contribution >= 0.6 is 0 Å². The average molecular weight is 173 g/mol. The zero-order valence-electron chi connectivity index (χ0n) is 8.25. The largest absolute Gasteiger partial charge is 0.261 e. The fraction of sp³-hybridized carbons (Fsp3) is 0.417.